The van der Waals surface area contributed by atoms with Gasteiger partial charge in [0.05, 0.1) is 0 Å². The first kappa shape index (κ1) is 8.56. The molecule has 2 aromatic rings. The lowest BCUT2D eigenvalue weighted by Gasteiger charge is -1.99. The van der Waals surface area contributed by atoms with E-state index in [1.165, 1.54) is 0 Å². The van der Waals surface area contributed by atoms with Crippen LogP contribution in [-0.4, -0.2) is 14.9 Å². The molecule has 0 amide bonds. The molecule has 0 bridgehead atoms. The Morgan fingerprint density at radius 1 is 1.46 bits per heavy atom. The summed E-state index contributed by atoms with van der Waals surface area (Å²) in [6.45, 7) is 0.816. The molecule has 2 rings (SSSR count). The smallest absolute Gasteiger partial charge is 0.272 e. The van der Waals surface area contributed by atoms with Crippen molar-refractivity contribution in [3.63, 3.8) is 0 Å². The summed E-state index contributed by atoms with van der Waals surface area (Å²) < 4.78 is 1.95. The van der Waals surface area contributed by atoms with Gasteiger partial charge in [0.2, 0.25) is 0 Å². The van der Waals surface area contributed by atoms with Crippen molar-refractivity contribution in [2.24, 2.45) is 0 Å². The Morgan fingerprint density at radius 2 is 2.31 bits per heavy atom. The van der Waals surface area contributed by atoms with Gasteiger partial charge in [-0.3, -0.25) is 4.79 Å². The number of aryl methyl sites for hydroxylation is 1. The highest BCUT2D eigenvalue weighted by Crippen LogP contribution is 2.10. The molecule has 0 fully saturated rings. The number of H-pyrrole nitrogens is 1. The van der Waals surface area contributed by atoms with Gasteiger partial charge in [0.1, 0.15) is 5.52 Å². The average molecular weight is 241 g/mol. The Morgan fingerprint density at radius 3 is 3.08 bits per heavy atom. The largest absolute Gasteiger partial charge is 0.342 e. The second kappa shape index (κ2) is 3.38. The summed E-state index contributed by atoms with van der Waals surface area (Å²) in [5, 5.41) is 1.84. The first-order valence-corrected chi connectivity index (χ1v) is 5.17. The Hall–Kier alpha value is -1.03. The van der Waals surface area contributed by atoms with Crippen LogP contribution >= 0.6 is 15.9 Å². The molecule has 0 saturated heterocycles. The molecule has 0 aliphatic rings. The summed E-state index contributed by atoms with van der Waals surface area (Å²) >= 11 is 3.35. The molecule has 0 unspecified atom stereocenters. The maximum atomic E-state index is 11.4. The minimum Gasteiger partial charge on any atom is -0.342 e. The number of nitrogens with one attached hydrogen (secondary N) is 1. The van der Waals surface area contributed by atoms with Gasteiger partial charge in [0.25, 0.3) is 5.56 Å². The summed E-state index contributed by atoms with van der Waals surface area (Å²) in [6, 6.07) is 3.86. The summed E-state index contributed by atoms with van der Waals surface area (Å²) in [5.41, 5.74) is 0.727. The third kappa shape index (κ3) is 1.42. The van der Waals surface area contributed by atoms with E-state index in [0.29, 0.717) is 0 Å². The van der Waals surface area contributed by atoms with E-state index in [1.54, 1.807) is 6.20 Å². The molecular weight excluding hydrogens is 232 g/mol. The van der Waals surface area contributed by atoms with Crippen molar-refractivity contribution >= 4 is 26.8 Å². The van der Waals surface area contributed by atoms with Crippen LogP contribution in [0.3, 0.4) is 0 Å². The van der Waals surface area contributed by atoms with Gasteiger partial charge >= 0.3 is 0 Å². The first-order chi connectivity index (χ1) is 6.33. The van der Waals surface area contributed by atoms with E-state index in [-0.39, 0.29) is 5.56 Å². The van der Waals surface area contributed by atoms with Crippen LogP contribution in [0.2, 0.25) is 0 Å². The summed E-state index contributed by atoms with van der Waals surface area (Å²) in [6.07, 6.45) is 3.60. The fourth-order valence-corrected chi connectivity index (χ4v) is 1.82. The number of pyridine rings is 1. The molecule has 0 radical (unpaired) electrons. The van der Waals surface area contributed by atoms with Gasteiger partial charge in [-0.1, -0.05) is 15.9 Å². The third-order valence-corrected chi connectivity index (χ3v) is 2.37. The number of aromatic amines is 1. The minimum absolute atomic E-state index is 0.0246. The van der Waals surface area contributed by atoms with Crippen LogP contribution in [0.5, 0.6) is 0 Å². The third-order valence-electron chi connectivity index (χ3n) is 2.01. The number of halogens is 1. The molecular formula is C9H9BrN2O. The van der Waals surface area contributed by atoms with E-state index in [2.05, 4.69) is 20.9 Å². The standard InChI is InChI=1S/C9H9BrN2O/c10-3-6-12-5-2-7-1-4-11-9(13)8(7)12/h1-2,4-5H,3,6H2,(H,11,13). The topological polar surface area (TPSA) is 37.8 Å². The molecule has 0 aliphatic heterocycles. The van der Waals surface area contributed by atoms with Crippen LogP contribution in [-0.2, 0) is 6.54 Å². The highest BCUT2D eigenvalue weighted by atomic mass is 79.9. The summed E-state index contributed by atoms with van der Waals surface area (Å²) in [5.74, 6) is 0. The highest BCUT2D eigenvalue weighted by molar-refractivity contribution is 9.09. The molecule has 2 heterocycles. The maximum absolute atomic E-state index is 11.4. The van der Waals surface area contributed by atoms with Gasteiger partial charge in [0.15, 0.2) is 0 Å². The van der Waals surface area contributed by atoms with E-state index < -0.39 is 0 Å². The van der Waals surface area contributed by atoms with Crippen LogP contribution in [0.4, 0.5) is 0 Å². The van der Waals surface area contributed by atoms with Crippen LogP contribution < -0.4 is 5.56 Å². The number of nitrogens with zero attached hydrogens (tertiary/aromatic N) is 1. The molecule has 0 spiro atoms. The van der Waals surface area contributed by atoms with Crippen LogP contribution in [0.25, 0.3) is 10.9 Å². The van der Waals surface area contributed by atoms with Crippen molar-refractivity contribution < 1.29 is 0 Å². The Bertz CT molecular complexity index is 472. The molecule has 2 aromatic heterocycles. The van der Waals surface area contributed by atoms with Gasteiger partial charge < -0.3 is 9.55 Å². The molecule has 13 heavy (non-hydrogen) atoms. The molecule has 68 valence electrons. The van der Waals surface area contributed by atoms with Crippen molar-refractivity contribution in [2.75, 3.05) is 5.33 Å². The van der Waals surface area contributed by atoms with E-state index in [9.17, 15) is 4.79 Å². The number of hydrogen-bond donors (Lipinski definition) is 1. The van der Waals surface area contributed by atoms with Crippen molar-refractivity contribution in [1.82, 2.24) is 9.55 Å². The Kier molecular flexibility index (Phi) is 2.22. The molecule has 1 N–H and O–H groups in total. The molecule has 0 aromatic carbocycles. The maximum Gasteiger partial charge on any atom is 0.272 e. The van der Waals surface area contributed by atoms with Crippen molar-refractivity contribution in [3.8, 4) is 0 Å². The fourth-order valence-electron chi connectivity index (χ4n) is 1.44. The first-order valence-electron chi connectivity index (χ1n) is 4.05. The van der Waals surface area contributed by atoms with Crippen molar-refractivity contribution in [2.45, 2.75) is 6.54 Å². The molecule has 0 saturated carbocycles. The molecule has 0 atom stereocenters. The SMILES string of the molecule is O=c1[nH]ccc2ccn(CCBr)c12. The number of aromatic nitrogens is 2. The summed E-state index contributed by atoms with van der Waals surface area (Å²) in [4.78, 5) is 14.1. The molecule has 3 nitrogen and oxygen atoms in total. The minimum atomic E-state index is -0.0246. The molecule has 4 heteroatoms. The van der Waals surface area contributed by atoms with E-state index in [1.807, 2.05) is 22.9 Å². The normalized spacial score (nSPS) is 10.8. The van der Waals surface area contributed by atoms with Crippen LogP contribution in [0, 0.1) is 0 Å². The highest BCUT2D eigenvalue weighted by Gasteiger charge is 2.02. The second-order valence-corrected chi connectivity index (χ2v) is 3.60. The second-order valence-electron chi connectivity index (χ2n) is 2.81. The van der Waals surface area contributed by atoms with Crippen LogP contribution in [0.1, 0.15) is 0 Å². The number of fused-ring (bicyclic) bond motifs is 1. The number of alkyl halides is 1. The fraction of sp³-hybridized carbons (Fsp3) is 0.222. The van der Waals surface area contributed by atoms with Crippen LogP contribution in [0.15, 0.2) is 29.3 Å². The zero-order chi connectivity index (χ0) is 9.26. The Labute approximate surface area is 83.5 Å². The predicted octanol–water partition coefficient (Wildman–Crippen LogP) is 1.72. The van der Waals surface area contributed by atoms with Gasteiger partial charge in [-0.2, -0.15) is 0 Å². The average Bonchev–Trinajstić information content (AvgIpc) is 2.51. The number of rotatable bonds is 2. The zero-order valence-corrected chi connectivity index (χ0v) is 8.54. The van der Waals surface area contributed by atoms with Crippen molar-refractivity contribution in [1.29, 1.82) is 0 Å². The van der Waals surface area contributed by atoms with Gasteiger partial charge in [-0.15, -0.1) is 0 Å². The zero-order valence-electron chi connectivity index (χ0n) is 6.96. The van der Waals surface area contributed by atoms with E-state index in [0.717, 1.165) is 22.8 Å². The van der Waals surface area contributed by atoms with E-state index in [4.69, 9.17) is 0 Å². The van der Waals surface area contributed by atoms with Gasteiger partial charge in [-0.25, -0.2) is 0 Å². The summed E-state index contributed by atoms with van der Waals surface area (Å²) in [7, 11) is 0. The lowest BCUT2D eigenvalue weighted by molar-refractivity contribution is 0.807. The predicted molar refractivity (Wildman–Crippen MR) is 56.4 cm³/mol. The monoisotopic (exact) mass is 240 g/mol. The lowest BCUT2D eigenvalue weighted by atomic mass is 10.3. The number of hydrogen-bond acceptors (Lipinski definition) is 1. The quantitative estimate of drug-likeness (QED) is 0.798. The Balaban J connectivity index is 2.71. The van der Waals surface area contributed by atoms with Gasteiger partial charge in [-0.05, 0) is 12.1 Å². The molecule has 0 aliphatic carbocycles. The van der Waals surface area contributed by atoms with E-state index >= 15 is 0 Å². The van der Waals surface area contributed by atoms with Gasteiger partial charge in [0, 0.05) is 29.7 Å². The lowest BCUT2D eigenvalue weighted by Crippen LogP contribution is -2.10. The van der Waals surface area contributed by atoms with Crippen molar-refractivity contribution in [3.05, 3.63) is 34.9 Å².